The maximum absolute atomic E-state index is 11.7. The Bertz CT molecular complexity index is 1140. The highest BCUT2D eigenvalue weighted by molar-refractivity contribution is 7.13. The van der Waals surface area contributed by atoms with Gasteiger partial charge in [-0.05, 0) is 41.7 Å². The van der Waals surface area contributed by atoms with Crippen molar-refractivity contribution in [3.8, 4) is 0 Å². The van der Waals surface area contributed by atoms with Crippen molar-refractivity contribution in [2.45, 2.75) is 12.8 Å². The first-order valence-electron chi connectivity index (χ1n) is 10.3. The molecule has 2 heterocycles. The Hall–Kier alpha value is -2.75. The van der Waals surface area contributed by atoms with Crippen molar-refractivity contribution in [1.82, 2.24) is 9.27 Å². The zero-order chi connectivity index (χ0) is 22.7. The van der Waals surface area contributed by atoms with Crippen LogP contribution < -0.4 is 4.90 Å². The number of carbonyl (C=O) groups excluding carboxylic acids is 1. The number of carbonyl (C=O) groups is 1. The van der Waals surface area contributed by atoms with Gasteiger partial charge in [-0.2, -0.15) is 4.37 Å². The van der Waals surface area contributed by atoms with E-state index in [0.29, 0.717) is 17.0 Å². The molecule has 1 aliphatic rings. The molecule has 1 saturated heterocycles. The molecule has 0 saturated carbocycles. The molecule has 10 heteroatoms. The van der Waals surface area contributed by atoms with Gasteiger partial charge in [0.15, 0.2) is 0 Å². The quantitative estimate of drug-likeness (QED) is 0.291. The summed E-state index contributed by atoms with van der Waals surface area (Å²) in [5.41, 5.74) is 0.957. The van der Waals surface area contributed by atoms with Crippen LogP contribution in [0.1, 0.15) is 11.1 Å². The minimum atomic E-state index is -0.521. The summed E-state index contributed by atoms with van der Waals surface area (Å²) in [4.78, 5) is 27.2. The lowest BCUT2D eigenvalue weighted by molar-refractivity contribution is -0.385. The SMILES string of the molecule is COC(=O)Cc1cc(CCN2CCN(c3nsc4ccccc34)CC2)c(Cl)cc1[N+](=O)[O-]. The molecule has 8 nitrogen and oxygen atoms in total. The average molecular weight is 475 g/mol. The standard InChI is InChI=1S/C22H23ClN4O4S/c1-31-21(28)13-16-12-15(18(23)14-19(16)27(29)30)6-7-25-8-10-26(11-9-25)22-17-4-2-3-5-20(17)32-24-22/h2-5,12,14H,6-11,13H2,1H3. The number of hydrogen-bond donors (Lipinski definition) is 0. The van der Waals surface area contributed by atoms with E-state index in [9.17, 15) is 14.9 Å². The molecular weight excluding hydrogens is 452 g/mol. The highest BCUT2D eigenvalue weighted by atomic mass is 35.5. The predicted molar refractivity (Wildman–Crippen MR) is 126 cm³/mol. The first-order valence-corrected chi connectivity index (χ1v) is 11.5. The van der Waals surface area contributed by atoms with Crippen molar-refractivity contribution in [1.29, 1.82) is 0 Å². The molecule has 0 radical (unpaired) electrons. The van der Waals surface area contributed by atoms with E-state index in [-0.39, 0.29) is 12.1 Å². The number of nitro benzene ring substituents is 1. The van der Waals surface area contributed by atoms with Crippen LogP contribution >= 0.6 is 23.1 Å². The first-order chi connectivity index (χ1) is 15.5. The van der Waals surface area contributed by atoms with Crippen molar-refractivity contribution in [2.75, 3.05) is 44.7 Å². The molecule has 0 unspecified atom stereocenters. The largest absolute Gasteiger partial charge is 0.469 e. The minimum Gasteiger partial charge on any atom is -0.469 e. The fourth-order valence-electron chi connectivity index (χ4n) is 3.95. The number of benzene rings is 2. The molecule has 0 atom stereocenters. The molecule has 0 aliphatic carbocycles. The number of rotatable bonds is 7. The van der Waals surface area contributed by atoms with Crippen molar-refractivity contribution >= 4 is 50.7 Å². The van der Waals surface area contributed by atoms with Crippen molar-refractivity contribution < 1.29 is 14.5 Å². The molecule has 1 fully saturated rings. The number of esters is 1. The lowest BCUT2D eigenvalue weighted by atomic mass is 10.0. The van der Waals surface area contributed by atoms with Crippen LogP contribution in [-0.2, 0) is 22.4 Å². The van der Waals surface area contributed by atoms with Gasteiger partial charge in [0.2, 0.25) is 0 Å². The van der Waals surface area contributed by atoms with E-state index in [0.717, 1.165) is 44.1 Å². The Morgan fingerprint density at radius 2 is 1.97 bits per heavy atom. The summed E-state index contributed by atoms with van der Waals surface area (Å²) in [6, 6.07) is 11.3. The zero-order valence-corrected chi connectivity index (χ0v) is 19.2. The van der Waals surface area contributed by atoms with E-state index in [1.54, 1.807) is 6.07 Å². The van der Waals surface area contributed by atoms with Crippen LogP contribution in [0.5, 0.6) is 0 Å². The van der Waals surface area contributed by atoms with Crippen molar-refractivity contribution in [3.05, 3.63) is 62.7 Å². The van der Waals surface area contributed by atoms with E-state index >= 15 is 0 Å². The fourth-order valence-corrected chi connectivity index (χ4v) is 5.00. The average Bonchev–Trinajstić information content (AvgIpc) is 3.23. The molecule has 32 heavy (non-hydrogen) atoms. The van der Waals surface area contributed by atoms with Crippen LogP contribution in [0.2, 0.25) is 5.02 Å². The van der Waals surface area contributed by atoms with Crippen LogP contribution in [0.3, 0.4) is 0 Å². The topological polar surface area (TPSA) is 88.8 Å². The summed E-state index contributed by atoms with van der Waals surface area (Å²) in [5.74, 6) is 0.531. The van der Waals surface area contributed by atoms with E-state index in [1.807, 2.05) is 12.1 Å². The van der Waals surface area contributed by atoms with Crippen molar-refractivity contribution in [2.24, 2.45) is 0 Å². The number of halogens is 1. The summed E-state index contributed by atoms with van der Waals surface area (Å²) in [5, 5.41) is 12.9. The minimum absolute atomic E-state index is 0.156. The molecule has 1 aromatic heterocycles. The molecular formula is C22H23ClN4O4S. The number of aromatic nitrogens is 1. The van der Waals surface area contributed by atoms with Crippen LogP contribution in [-0.4, -0.2) is 60.0 Å². The first kappa shape index (κ1) is 22.4. The molecule has 0 spiro atoms. The number of nitrogens with zero attached hydrogens (tertiary/aromatic N) is 4. The predicted octanol–water partition coefficient (Wildman–Crippen LogP) is 3.94. The van der Waals surface area contributed by atoms with Gasteiger partial charge in [0, 0.05) is 49.7 Å². The smallest absolute Gasteiger partial charge is 0.310 e. The van der Waals surface area contributed by atoms with Crippen LogP contribution in [0.4, 0.5) is 11.5 Å². The number of methoxy groups -OCH3 is 1. The fraction of sp³-hybridized carbons (Fsp3) is 0.364. The third-order valence-corrected chi connectivity index (χ3v) is 6.90. The zero-order valence-electron chi connectivity index (χ0n) is 17.6. The third-order valence-electron chi connectivity index (χ3n) is 5.73. The van der Waals surface area contributed by atoms with Gasteiger partial charge < -0.3 is 9.64 Å². The highest BCUT2D eigenvalue weighted by Crippen LogP contribution is 2.31. The highest BCUT2D eigenvalue weighted by Gasteiger charge is 2.23. The summed E-state index contributed by atoms with van der Waals surface area (Å²) < 4.78 is 10.5. The summed E-state index contributed by atoms with van der Waals surface area (Å²) in [7, 11) is 1.26. The number of hydrogen-bond acceptors (Lipinski definition) is 8. The van der Waals surface area contributed by atoms with Crippen LogP contribution in [0.15, 0.2) is 36.4 Å². The Morgan fingerprint density at radius 3 is 2.69 bits per heavy atom. The normalized spacial score (nSPS) is 14.6. The number of fused-ring (bicyclic) bond motifs is 1. The summed E-state index contributed by atoms with van der Waals surface area (Å²) in [6.07, 6.45) is 0.488. The van der Waals surface area contributed by atoms with Gasteiger partial charge in [-0.3, -0.25) is 19.8 Å². The third kappa shape index (κ3) is 4.85. The Labute approximate surface area is 194 Å². The van der Waals surface area contributed by atoms with Crippen LogP contribution in [0.25, 0.3) is 10.1 Å². The second kappa shape index (κ2) is 9.81. The Kier molecular flexibility index (Phi) is 6.88. The van der Waals surface area contributed by atoms with Gasteiger partial charge >= 0.3 is 5.97 Å². The summed E-state index contributed by atoms with van der Waals surface area (Å²) >= 11 is 7.85. The molecule has 0 N–H and O–H groups in total. The second-order valence-electron chi connectivity index (χ2n) is 7.66. The number of nitro groups is 1. The van der Waals surface area contributed by atoms with Gasteiger partial charge in [-0.25, -0.2) is 0 Å². The van der Waals surface area contributed by atoms with Crippen molar-refractivity contribution in [3.63, 3.8) is 0 Å². The van der Waals surface area contributed by atoms with Gasteiger partial charge in [-0.15, -0.1) is 0 Å². The maximum atomic E-state index is 11.7. The Morgan fingerprint density at radius 1 is 1.22 bits per heavy atom. The maximum Gasteiger partial charge on any atom is 0.310 e. The van der Waals surface area contributed by atoms with E-state index in [4.69, 9.17) is 11.6 Å². The number of anilines is 1. The molecule has 4 rings (SSSR count). The van der Waals surface area contributed by atoms with Crippen LogP contribution in [0, 0.1) is 10.1 Å². The molecule has 168 valence electrons. The number of piperazine rings is 1. The molecule has 2 aromatic carbocycles. The Balaban J connectivity index is 1.39. The van der Waals surface area contributed by atoms with Gasteiger partial charge in [-0.1, -0.05) is 23.7 Å². The lowest BCUT2D eigenvalue weighted by Gasteiger charge is -2.35. The molecule has 0 amide bonds. The lowest BCUT2D eigenvalue weighted by Crippen LogP contribution is -2.47. The summed E-state index contributed by atoms with van der Waals surface area (Å²) in [6.45, 7) is 4.34. The van der Waals surface area contributed by atoms with Gasteiger partial charge in [0.1, 0.15) is 5.82 Å². The van der Waals surface area contributed by atoms with E-state index in [1.165, 1.54) is 34.8 Å². The monoisotopic (exact) mass is 474 g/mol. The van der Waals surface area contributed by atoms with Gasteiger partial charge in [0.25, 0.3) is 5.69 Å². The number of ether oxygens (including phenoxy) is 1. The molecule has 1 aliphatic heterocycles. The molecule has 0 bridgehead atoms. The van der Waals surface area contributed by atoms with E-state index in [2.05, 4.69) is 31.0 Å². The second-order valence-corrected chi connectivity index (χ2v) is 8.88. The van der Waals surface area contributed by atoms with E-state index < -0.39 is 10.9 Å². The van der Waals surface area contributed by atoms with Gasteiger partial charge in [0.05, 0.1) is 28.2 Å². The molecule has 3 aromatic rings.